The van der Waals surface area contributed by atoms with Crippen molar-refractivity contribution in [2.45, 2.75) is 26.3 Å². The van der Waals surface area contributed by atoms with Gasteiger partial charge in [0.15, 0.2) is 0 Å². The van der Waals surface area contributed by atoms with Crippen molar-refractivity contribution < 1.29 is 4.39 Å². The van der Waals surface area contributed by atoms with Crippen LogP contribution in [0.2, 0.25) is 0 Å². The Bertz CT molecular complexity index is 299. The number of benzene rings is 1. The van der Waals surface area contributed by atoms with Crippen molar-refractivity contribution in [1.29, 1.82) is 0 Å². The standard InChI is InChI=1S/C11H17FN2/c1-3-6-14-8(2)9-4-5-11(13)10(12)7-9/h4-5,7-8,14H,3,6,13H2,1-2H3/t8-/m0/s1. The molecule has 0 saturated carbocycles. The van der Waals surface area contributed by atoms with Gasteiger partial charge in [-0.3, -0.25) is 0 Å². The molecule has 1 rings (SSSR count). The second-order valence-corrected chi connectivity index (χ2v) is 3.46. The zero-order valence-electron chi connectivity index (χ0n) is 8.68. The smallest absolute Gasteiger partial charge is 0.146 e. The average molecular weight is 196 g/mol. The van der Waals surface area contributed by atoms with Crippen LogP contribution < -0.4 is 11.1 Å². The minimum absolute atomic E-state index is 0.171. The summed E-state index contributed by atoms with van der Waals surface area (Å²) in [6, 6.07) is 5.12. The molecule has 1 atom stereocenters. The summed E-state index contributed by atoms with van der Waals surface area (Å²) in [5, 5.41) is 3.29. The fourth-order valence-corrected chi connectivity index (χ4v) is 1.29. The van der Waals surface area contributed by atoms with Gasteiger partial charge in [0.2, 0.25) is 0 Å². The maximum Gasteiger partial charge on any atom is 0.146 e. The molecule has 3 N–H and O–H groups in total. The third-order valence-electron chi connectivity index (χ3n) is 2.23. The molecule has 3 heteroatoms. The number of halogens is 1. The third kappa shape index (κ3) is 2.70. The molecule has 2 nitrogen and oxygen atoms in total. The van der Waals surface area contributed by atoms with Crippen molar-refractivity contribution >= 4 is 5.69 Å². The second kappa shape index (κ2) is 4.96. The van der Waals surface area contributed by atoms with E-state index < -0.39 is 0 Å². The minimum Gasteiger partial charge on any atom is -0.396 e. The summed E-state index contributed by atoms with van der Waals surface area (Å²) in [4.78, 5) is 0. The molecule has 78 valence electrons. The summed E-state index contributed by atoms with van der Waals surface area (Å²) in [7, 11) is 0. The first kappa shape index (κ1) is 11.0. The summed E-state index contributed by atoms with van der Waals surface area (Å²) in [5.41, 5.74) is 6.53. The van der Waals surface area contributed by atoms with Gasteiger partial charge in [-0.25, -0.2) is 4.39 Å². The predicted octanol–water partition coefficient (Wildman–Crippen LogP) is 2.47. The van der Waals surface area contributed by atoms with E-state index in [1.165, 1.54) is 6.07 Å². The van der Waals surface area contributed by atoms with Gasteiger partial charge in [0.25, 0.3) is 0 Å². The van der Waals surface area contributed by atoms with Crippen molar-refractivity contribution in [2.24, 2.45) is 0 Å². The molecular weight excluding hydrogens is 179 g/mol. The highest BCUT2D eigenvalue weighted by molar-refractivity contribution is 5.41. The quantitative estimate of drug-likeness (QED) is 0.726. The molecule has 0 fully saturated rings. The fourth-order valence-electron chi connectivity index (χ4n) is 1.29. The van der Waals surface area contributed by atoms with Gasteiger partial charge in [0, 0.05) is 6.04 Å². The minimum atomic E-state index is -0.340. The Morgan fingerprint density at radius 1 is 1.50 bits per heavy atom. The van der Waals surface area contributed by atoms with E-state index in [1.54, 1.807) is 6.07 Å². The monoisotopic (exact) mass is 196 g/mol. The van der Waals surface area contributed by atoms with Gasteiger partial charge in [-0.05, 0) is 37.6 Å². The number of hydrogen-bond acceptors (Lipinski definition) is 2. The number of nitrogens with two attached hydrogens (primary N) is 1. The Labute approximate surface area is 84.3 Å². The number of nitrogen functional groups attached to an aromatic ring is 1. The molecule has 0 radical (unpaired) electrons. The van der Waals surface area contributed by atoms with Gasteiger partial charge >= 0.3 is 0 Å². The molecule has 0 aliphatic carbocycles. The average Bonchev–Trinajstić information content (AvgIpc) is 2.18. The summed E-state index contributed by atoms with van der Waals surface area (Å²) in [6.45, 7) is 5.05. The highest BCUT2D eigenvalue weighted by Crippen LogP contribution is 2.17. The van der Waals surface area contributed by atoms with Crippen molar-refractivity contribution in [3.05, 3.63) is 29.6 Å². The molecular formula is C11H17FN2. The lowest BCUT2D eigenvalue weighted by Crippen LogP contribution is -2.19. The Morgan fingerprint density at radius 2 is 2.21 bits per heavy atom. The zero-order valence-corrected chi connectivity index (χ0v) is 8.68. The summed E-state index contributed by atoms with van der Waals surface area (Å²) in [6.07, 6.45) is 1.07. The van der Waals surface area contributed by atoms with Crippen LogP contribution in [0.15, 0.2) is 18.2 Å². The van der Waals surface area contributed by atoms with Crippen LogP contribution in [0.1, 0.15) is 31.9 Å². The van der Waals surface area contributed by atoms with Gasteiger partial charge < -0.3 is 11.1 Å². The van der Waals surface area contributed by atoms with E-state index in [-0.39, 0.29) is 17.5 Å². The maximum atomic E-state index is 13.1. The van der Waals surface area contributed by atoms with E-state index in [9.17, 15) is 4.39 Å². The summed E-state index contributed by atoms with van der Waals surface area (Å²) >= 11 is 0. The number of rotatable bonds is 4. The first-order chi connectivity index (χ1) is 6.65. The largest absolute Gasteiger partial charge is 0.396 e. The van der Waals surface area contributed by atoms with Crippen LogP contribution in [-0.2, 0) is 0 Å². The molecule has 0 saturated heterocycles. The Kier molecular flexibility index (Phi) is 3.89. The molecule has 0 aromatic heterocycles. The van der Waals surface area contributed by atoms with Gasteiger partial charge in [-0.15, -0.1) is 0 Å². The number of hydrogen-bond donors (Lipinski definition) is 2. The molecule has 0 amide bonds. The topological polar surface area (TPSA) is 38.0 Å². The Hall–Kier alpha value is -1.09. The van der Waals surface area contributed by atoms with Gasteiger partial charge in [-0.1, -0.05) is 13.0 Å². The summed E-state index contributed by atoms with van der Waals surface area (Å²) < 4.78 is 13.1. The van der Waals surface area contributed by atoms with E-state index in [0.29, 0.717) is 0 Å². The molecule has 0 aliphatic heterocycles. The van der Waals surface area contributed by atoms with E-state index >= 15 is 0 Å². The van der Waals surface area contributed by atoms with Crippen LogP contribution in [0.5, 0.6) is 0 Å². The molecule has 0 unspecified atom stereocenters. The van der Waals surface area contributed by atoms with E-state index in [0.717, 1.165) is 18.5 Å². The number of anilines is 1. The molecule has 1 aromatic carbocycles. The van der Waals surface area contributed by atoms with E-state index in [2.05, 4.69) is 12.2 Å². The van der Waals surface area contributed by atoms with Crippen molar-refractivity contribution in [3.8, 4) is 0 Å². The van der Waals surface area contributed by atoms with Crippen molar-refractivity contribution in [3.63, 3.8) is 0 Å². The lowest BCUT2D eigenvalue weighted by molar-refractivity contribution is 0.563. The Balaban J connectivity index is 2.70. The SMILES string of the molecule is CCCN[C@@H](C)c1ccc(N)c(F)c1. The van der Waals surface area contributed by atoms with Crippen LogP contribution >= 0.6 is 0 Å². The van der Waals surface area contributed by atoms with Crippen LogP contribution in [0.4, 0.5) is 10.1 Å². The highest BCUT2D eigenvalue weighted by atomic mass is 19.1. The van der Waals surface area contributed by atoms with Crippen LogP contribution in [0.3, 0.4) is 0 Å². The van der Waals surface area contributed by atoms with Crippen LogP contribution in [0.25, 0.3) is 0 Å². The predicted molar refractivity (Wildman–Crippen MR) is 57.5 cm³/mol. The lowest BCUT2D eigenvalue weighted by Gasteiger charge is -2.13. The molecule has 14 heavy (non-hydrogen) atoms. The lowest BCUT2D eigenvalue weighted by atomic mass is 10.1. The molecule has 0 aliphatic rings. The van der Waals surface area contributed by atoms with E-state index in [1.807, 2.05) is 13.0 Å². The highest BCUT2D eigenvalue weighted by Gasteiger charge is 2.06. The third-order valence-corrected chi connectivity index (χ3v) is 2.23. The summed E-state index contributed by atoms with van der Waals surface area (Å²) in [5.74, 6) is -0.340. The molecule has 0 bridgehead atoms. The first-order valence-electron chi connectivity index (χ1n) is 4.93. The first-order valence-corrected chi connectivity index (χ1v) is 4.93. The molecule has 0 spiro atoms. The van der Waals surface area contributed by atoms with Crippen molar-refractivity contribution in [2.75, 3.05) is 12.3 Å². The van der Waals surface area contributed by atoms with E-state index in [4.69, 9.17) is 5.73 Å². The van der Waals surface area contributed by atoms with Crippen LogP contribution in [-0.4, -0.2) is 6.54 Å². The molecule has 1 aromatic rings. The fraction of sp³-hybridized carbons (Fsp3) is 0.455. The second-order valence-electron chi connectivity index (χ2n) is 3.46. The molecule has 0 heterocycles. The Morgan fingerprint density at radius 3 is 2.79 bits per heavy atom. The van der Waals surface area contributed by atoms with Crippen molar-refractivity contribution in [1.82, 2.24) is 5.32 Å². The van der Waals surface area contributed by atoms with Gasteiger partial charge in [0.1, 0.15) is 5.82 Å². The maximum absolute atomic E-state index is 13.1. The van der Waals surface area contributed by atoms with Gasteiger partial charge in [-0.2, -0.15) is 0 Å². The van der Waals surface area contributed by atoms with Crippen LogP contribution in [0, 0.1) is 5.82 Å². The zero-order chi connectivity index (χ0) is 10.6. The normalized spacial score (nSPS) is 12.8. The number of nitrogens with one attached hydrogen (secondary N) is 1. The van der Waals surface area contributed by atoms with Gasteiger partial charge in [0.05, 0.1) is 5.69 Å².